The molecule has 106 valence electrons. The van der Waals surface area contributed by atoms with Gasteiger partial charge in [-0.2, -0.15) is 0 Å². The highest BCUT2D eigenvalue weighted by molar-refractivity contribution is 14.1. The number of hydrogen-bond donors (Lipinski definition) is 1. The van der Waals surface area contributed by atoms with Crippen molar-refractivity contribution in [3.8, 4) is 0 Å². The Kier molecular flexibility index (Phi) is 5.65. The number of amides is 1. The van der Waals surface area contributed by atoms with Crippen molar-refractivity contribution in [2.24, 2.45) is 11.1 Å². The second-order valence-corrected chi connectivity index (χ2v) is 6.57. The first-order valence-electron chi connectivity index (χ1n) is 6.21. The Hall–Kier alpha value is -0.330. The van der Waals surface area contributed by atoms with Crippen molar-refractivity contribution in [3.05, 3.63) is 32.9 Å². The summed E-state index contributed by atoms with van der Waals surface area (Å²) >= 11 is 2.27. The van der Waals surface area contributed by atoms with Crippen LogP contribution in [0, 0.1) is 15.9 Å². The zero-order valence-corrected chi connectivity index (χ0v) is 14.3. The summed E-state index contributed by atoms with van der Waals surface area (Å²) in [5.41, 5.74) is 7.77. The van der Waals surface area contributed by atoms with Crippen molar-refractivity contribution in [2.45, 2.75) is 20.3 Å². The summed E-state index contributed by atoms with van der Waals surface area (Å²) in [6.45, 7) is 6.39. The summed E-state index contributed by atoms with van der Waals surface area (Å²) in [4.78, 5) is 14.4. The molecule has 1 aliphatic heterocycles. The van der Waals surface area contributed by atoms with Crippen molar-refractivity contribution in [1.82, 2.24) is 4.90 Å². The van der Waals surface area contributed by atoms with Gasteiger partial charge in [0.2, 0.25) is 0 Å². The van der Waals surface area contributed by atoms with E-state index >= 15 is 0 Å². The van der Waals surface area contributed by atoms with E-state index in [-0.39, 0.29) is 23.7 Å². The summed E-state index contributed by atoms with van der Waals surface area (Å²) in [7, 11) is 0. The van der Waals surface area contributed by atoms with Gasteiger partial charge in [0.15, 0.2) is 0 Å². The minimum Gasteiger partial charge on any atom is -0.338 e. The molecule has 1 heterocycles. The molecule has 0 saturated carbocycles. The van der Waals surface area contributed by atoms with E-state index in [0.717, 1.165) is 34.2 Å². The molecule has 1 atom stereocenters. The highest BCUT2D eigenvalue weighted by Crippen LogP contribution is 2.30. The fourth-order valence-corrected chi connectivity index (χ4v) is 2.87. The molecular weight excluding hydrogens is 375 g/mol. The van der Waals surface area contributed by atoms with E-state index in [2.05, 4.69) is 29.5 Å². The molecule has 1 aliphatic rings. The van der Waals surface area contributed by atoms with Gasteiger partial charge in [0.05, 0.1) is 0 Å². The van der Waals surface area contributed by atoms with Crippen molar-refractivity contribution in [3.63, 3.8) is 0 Å². The highest BCUT2D eigenvalue weighted by Gasteiger charge is 2.35. The Morgan fingerprint density at radius 3 is 2.79 bits per heavy atom. The van der Waals surface area contributed by atoms with Crippen LogP contribution in [0.1, 0.15) is 29.3 Å². The Balaban J connectivity index is 0.00000180. The maximum atomic E-state index is 12.5. The predicted molar refractivity (Wildman–Crippen MR) is 88.8 cm³/mol. The van der Waals surface area contributed by atoms with Crippen molar-refractivity contribution >= 4 is 40.9 Å². The molecule has 0 aliphatic carbocycles. The quantitative estimate of drug-likeness (QED) is 0.784. The number of hydrogen-bond acceptors (Lipinski definition) is 2. The average Bonchev–Trinajstić information content (AvgIpc) is 2.75. The van der Waals surface area contributed by atoms with E-state index in [1.54, 1.807) is 0 Å². The van der Waals surface area contributed by atoms with Crippen LogP contribution in [0.25, 0.3) is 0 Å². The molecule has 0 bridgehead atoms. The summed E-state index contributed by atoms with van der Waals surface area (Å²) in [6.07, 6.45) is 0.998. The molecule has 0 aromatic heterocycles. The van der Waals surface area contributed by atoms with Crippen LogP contribution in [0.15, 0.2) is 18.2 Å². The number of rotatable bonds is 2. The molecule has 1 amide bonds. The van der Waals surface area contributed by atoms with E-state index in [0.29, 0.717) is 6.54 Å². The van der Waals surface area contributed by atoms with Crippen molar-refractivity contribution in [2.75, 3.05) is 19.6 Å². The lowest BCUT2D eigenvalue weighted by Gasteiger charge is -2.23. The maximum absolute atomic E-state index is 12.5. The summed E-state index contributed by atoms with van der Waals surface area (Å²) in [6, 6.07) is 5.89. The van der Waals surface area contributed by atoms with Crippen molar-refractivity contribution < 1.29 is 4.79 Å². The Labute approximate surface area is 134 Å². The molecule has 1 aromatic rings. The predicted octanol–water partition coefficient (Wildman–Crippen LogP) is 2.83. The lowest BCUT2D eigenvalue weighted by Crippen LogP contribution is -2.34. The Morgan fingerprint density at radius 2 is 2.21 bits per heavy atom. The van der Waals surface area contributed by atoms with Gasteiger partial charge in [-0.15, -0.1) is 12.4 Å². The third-order valence-corrected chi connectivity index (χ3v) is 5.00. The van der Waals surface area contributed by atoms with Gasteiger partial charge in [0.25, 0.3) is 5.91 Å². The number of nitrogens with zero attached hydrogens (tertiary/aromatic N) is 1. The molecule has 2 N–H and O–H groups in total. The summed E-state index contributed by atoms with van der Waals surface area (Å²) < 4.78 is 1.14. The van der Waals surface area contributed by atoms with Crippen LogP contribution in [-0.2, 0) is 0 Å². The fraction of sp³-hybridized carbons (Fsp3) is 0.500. The van der Waals surface area contributed by atoms with Gasteiger partial charge in [-0.3, -0.25) is 4.79 Å². The van der Waals surface area contributed by atoms with E-state index in [1.165, 1.54) is 0 Å². The number of nitrogens with two attached hydrogens (primary N) is 1. The van der Waals surface area contributed by atoms with Gasteiger partial charge < -0.3 is 10.6 Å². The minimum atomic E-state index is 0. The monoisotopic (exact) mass is 394 g/mol. The number of benzene rings is 1. The van der Waals surface area contributed by atoms with Crippen LogP contribution in [0.4, 0.5) is 0 Å². The SMILES string of the molecule is Cc1c(I)cccc1C(=O)N1CCC(C)(CN)C1.Cl. The fourth-order valence-electron chi connectivity index (χ4n) is 2.37. The van der Waals surface area contributed by atoms with Gasteiger partial charge in [-0.25, -0.2) is 0 Å². The molecule has 3 nitrogen and oxygen atoms in total. The number of likely N-dealkylation sites (tertiary alicyclic amines) is 1. The molecule has 5 heteroatoms. The molecular formula is C14H20ClIN2O. The zero-order valence-electron chi connectivity index (χ0n) is 11.3. The minimum absolute atomic E-state index is 0. The number of carbonyl (C=O) groups excluding carboxylic acids is 1. The van der Waals surface area contributed by atoms with Crippen LogP contribution >= 0.6 is 35.0 Å². The summed E-state index contributed by atoms with van der Waals surface area (Å²) in [5, 5.41) is 0. The van der Waals surface area contributed by atoms with Gasteiger partial charge in [0.1, 0.15) is 0 Å². The molecule has 0 spiro atoms. The molecule has 1 saturated heterocycles. The van der Waals surface area contributed by atoms with E-state index in [4.69, 9.17) is 5.73 Å². The first kappa shape index (κ1) is 16.7. The summed E-state index contributed by atoms with van der Waals surface area (Å²) in [5.74, 6) is 0.142. The smallest absolute Gasteiger partial charge is 0.254 e. The van der Waals surface area contributed by atoms with E-state index < -0.39 is 0 Å². The molecule has 0 radical (unpaired) electrons. The molecule has 1 aromatic carbocycles. The van der Waals surface area contributed by atoms with E-state index in [9.17, 15) is 4.79 Å². The largest absolute Gasteiger partial charge is 0.338 e. The van der Waals surface area contributed by atoms with Crippen LogP contribution in [0.3, 0.4) is 0 Å². The second-order valence-electron chi connectivity index (χ2n) is 5.40. The maximum Gasteiger partial charge on any atom is 0.254 e. The number of carbonyl (C=O) groups is 1. The Bertz CT molecular complexity index is 481. The lowest BCUT2D eigenvalue weighted by atomic mass is 9.90. The van der Waals surface area contributed by atoms with Crippen LogP contribution in [0.5, 0.6) is 0 Å². The lowest BCUT2D eigenvalue weighted by molar-refractivity contribution is 0.0776. The Morgan fingerprint density at radius 1 is 1.53 bits per heavy atom. The molecule has 19 heavy (non-hydrogen) atoms. The van der Waals surface area contributed by atoms with Crippen LogP contribution in [0.2, 0.25) is 0 Å². The van der Waals surface area contributed by atoms with Gasteiger partial charge in [0, 0.05) is 22.2 Å². The molecule has 1 fully saturated rings. The van der Waals surface area contributed by atoms with Crippen LogP contribution < -0.4 is 5.73 Å². The molecule has 2 rings (SSSR count). The van der Waals surface area contributed by atoms with Gasteiger partial charge in [-0.05, 0) is 65.6 Å². The normalized spacial score (nSPS) is 22.2. The topological polar surface area (TPSA) is 46.3 Å². The standard InChI is InChI=1S/C14H19IN2O.ClH/c1-10-11(4-3-5-12(10)15)13(18)17-7-6-14(2,8-16)9-17;/h3-5H,6-9,16H2,1-2H3;1H. The molecule has 1 unspecified atom stereocenters. The van der Waals surface area contributed by atoms with Gasteiger partial charge in [-0.1, -0.05) is 13.0 Å². The van der Waals surface area contributed by atoms with Crippen LogP contribution in [-0.4, -0.2) is 30.4 Å². The zero-order chi connectivity index (χ0) is 13.3. The average molecular weight is 395 g/mol. The van der Waals surface area contributed by atoms with Crippen molar-refractivity contribution in [1.29, 1.82) is 0 Å². The van der Waals surface area contributed by atoms with Gasteiger partial charge >= 0.3 is 0 Å². The van der Waals surface area contributed by atoms with E-state index in [1.807, 2.05) is 30.0 Å². The number of halogens is 2. The third-order valence-electron chi connectivity index (χ3n) is 3.84. The third kappa shape index (κ3) is 3.41. The first-order valence-corrected chi connectivity index (χ1v) is 7.29. The highest BCUT2D eigenvalue weighted by atomic mass is 127. The first-order chi connectivity index (χ1) is 8.47. The second kappa shape index (κ2) is 6.41.